The maximum absolute atomic E-state index is 12.4. The lowest BCUT2D eigenvalue weighted by molar-refractivity contribution is 0.0950. The Labute approximate surface area is 132 Å². The van der Waals surface area contributed by atoms with Crippen molar-refractivity contribution in [2.75, 3.05) is 14.1 Å². The Balaban J connectivity index is 1.61. The van der Waals surface area contributed by atoms with Gasteiger partial charge < -0.3 is 10.2 Å². The number of rotatable bonds is 5. The molecule has 22 heavy (non-hydrogen) atoms. The summed E-state index contributed by atoms with van der Waals surface area (Å²) in [6.07, 6.45) is 1.03. The molecule has 2 aromatic carbocycles. The maximum atomic E-state index is 12.4. The van der Waals surface area contributed by atoms with E-state index in [0.717, 1.165) is 24.1 Å². The number of hydrogen-bond acceptors (Lipinski definition) is 2. The highest BCUT2D eigenvalue weighted by molar-refractivity contribution is 5.94. The molecule has 3 rings (SSSR count). The van der Waals surface area contributed by atoms with Gasteiger partial charge in [0.05, 0.1) is 0 Å². The summed E-state index contributed by atoms with van der Waals surface area (Å²) in [5, 5.41) is 3.15. The van der Waals surface area contributed by atoms with Crippen LogP contribution in [0.15, 0.2) is 54.6 Å². The molecule has 1 aliphatic carbocycles. The molecule has 0 heterocycles. The molecule has 1 fully saturated rings. The fraction of sp³-hybridized carbons (Fsp3) is 0.316. The van der Waals surface area contributed by atoms with Crippen molar-refractivity contribution in [1.82, 2.24) is 10.2 Å². The summed E-state index contributed by atoms with van der Waals surface area (Å²) in [5.41, 5.74) is 3.22. The molecule has 0 unspecified atom stereocenters. The summed E-state index contributed by atoms with van der Waals surface area (Å²) >= 11 is 0. The molecule has 0 radical (unpaired) electrons. The molecule has 0 aliphatic heterocycles. The van der Waals surface area contributed by atoms with E-state index in [1.165, 1.54) is 5.56 Å². The first-order chi connectivity index (χ1) is 10.6. The summed E-state index contributed by atoms with van der Waals surface area (Å²) in [4.78, 5) is 14.5. The number of benzene rings is 2. The van der Waals surface area contributed by atoms with Crippen LogP contribution in [0.5, 0.6) is 0 Å². The number of amides is 1. The first-order valence-corrected chi connectivity index (χ1v) is 7.73. The Bertz CT molecular complexity index is 651. The van der Waals surface area contributed by atoms with Crippen molar-refractivity contribution in [2.45, 2.75) is 24.9 Å². The van der Waals surface area contributed by atoms with Gasteiger partial charge in [0.15, 0.2) is 0 Å². The minimum absolute atomic E-state index is 0.0315. The monoisotopic (exact) mass is 294 g/mol. The van der Waals surface area contributed by atoms with E-state index < -0.39 is 0 Å². The van der Waals surface area contributed by atoms with Crippen molar-refractivity contribution in [3.05, 3.63) is 71.3 Å². The van der Waals surface area contributed by atoms with Crippen LogP contribution in [0.4, 0.5) is 0 Å². The van der Waals surface area contributed by atoms with Crippen molar-refractivity contribution in [3.63, 3.8) is 0 Å². The van der Waals surface area contributed by atoms with Gasteiger partial charge in [0.25, 0.3) is 5.91 Å². The first kappa shape index (κ1) is 14.8. The van der Waals surface area contributed by atoms with Gasteiger partial charge in [0.2, 0.25) is 0 Å². The Hall–Kier alpha value is -2.13. The molecule has 0 aromatic heterocycles. The van der Waals surface area contributed by atoms with E-state index in [-0.39, 0.29) is 11.9 Å². The van der Waals surface area contributed by atoms with E-state index in [1.54, 1.807) is 0 Å². The second-order valence-electron chi connectivity index (χ2n) is 6.27. The van der Waals surface area contributed by atoms with E-state index in [9.17, 15) is 4.79 Å². The highest BCUT2D eigenvalue weighted by atomic mass is 16.1. The molecule has 1 aliphatic rings. The molecule has 0 bridgehead atoms. The van der Waals surface area contributed by atoms with Crippen LogP contribution >= 0.6 is 0 Å². The average Bonchev–Trinajstić information content (AvgIpc) is 3.27. The van der Waals surface area contributed by atoms with E-state index in [2.05, 4.69) is 40.5 Å². The van der Waals surface area contributed by atoms with Crippen molar-refractivity contribution in [1.29, 1.82) is 0 Å². The van der Waals surface area contributed by atoms with Crippen LogP contribution in [0.25, 0.3) is 0 Å². The van der Waals surface area contributed by atoms with Gasteiger partial charge in [-0.1, -0.05) is 42.5 Å². The van der Waals surface area contributed by atoms with Crippen LogP contribution in [0.1, 0.15) is 33.8 Å². The topological polar surface area (TPSA) is 32.3 Å². The Morgan fingerprint density at radius 1 is 1.14 bits per heavy atom. The lowest BCUT2D eigenvalue weighted by atomic mass is 10.1. The van der Waals surface area contributed by atoms with Crippen molar-refractivity contribution in [3.8, 4) is 0 Å². The van der Waals surface area contributed by atoms with E-state index in [0.29, 0.717) is 5.92 Å². The number of nitrogens with one attached hydrogen (secondary N) is 1. The van der Waals surface area contributed by atoms with Crippen molar-refractivity contribution < 1.29 is 4.79 Å². The molecule has 114 valence electrons. The van der Waals surface area contributed by atoms with Gasteiger partial charge in [0, 0.05) is 24.1 Å². The van der Waals surface area contributed by atoms with Crippen LogP contribution in [0.2, 0.25) is 0 Å². The van der Waals surface area contributed by atoms with E-state index in [1.807, 2.05) is 38.4 Å². The SMILES string of the molecule is CN(C)Cc1cccc(C(=O)N[C@H]2C[C@H]2c2ccccc2)c1. The fourth-order valence-corrected chi connectivity index (χ4v) is 2.85. The molecule has 0 spiro atoms. The van der Waals surface area contributed by atoms with E-state index in [4.69, 9.17) is 0 Å². The van der Waals surface area contributed by atoms with Crippen LogP contribution in [0, 0.1) is 0 Å². The third-order valence-corrected chi connectivity index (χ3v) is 4.02. The first-order valence-electron chi connectivity index (χ1n) is 7.73. The molecule has 3 heteroatoms. The normalized spacial score (nSPS) is 20.0. The highest BCUT2D eigenvalue weighted by Gasteiger charge is 2.39. The van der Waals surface area contributed by atoms with Gasteiger partial charge in [-0.2, -0.15) is 0 Å². The minimum Gasteiger partial charge on any atom is -0.349 e. The third kappa shape index (κ3) is 3.55. The highest BCUT2D eigenvalue weighted by Crippen LogP contribution is 2.40. The van der Waals surface area contributed by atoms with Crippen LogP contribution in [0.3, 0.4) is 0 Å². The molecule has 3 nitrogen and oxygen atoms in total. The largest absolute Gasteiger partial charge is 0.349 e. The number of carbonyl (C=O) groups is 1. The van der Waals surface area contributed by atoms with Crippen LogP contribution in [-0.4, -0.2) is 30.9 Å². The summed E-state index contributed by atoms with van der Waals surface area (Å²) < 4.78 is 0. The predicted molar refractivity (Wildman–Crippen MR) is 88.9 cm³/mol. The Kier molecular flexibility index (Phi) is 4.25. The Morgan fingerprint density at radius 2 is 1.91 bits per heavy atom. The second-order valence-corrected chi connectivity index (χ2v) is 6.27. The summed E-state index contributed by atoms with van der Waals surface area (Å²) in [6, 6.07) is 18.5. The molecule has 2 atom stereocenters. The van der Waals surface area contributed by atoms with Gasteiger partial charge in [-0.3, -0.25) is 4.79 Å². The lowest BCUT2D eigenvalue weighted by Gasteiger charge is -2.11. The maximum Gasteiger partial charge on any atom is 0.251 e. The summed E-state index contributed by atoms with van der Waals surface area (Å²) in [7, 11) is 4.06. The second kappa shape index (κ2) is 6.32. The molecule has 2 aromatic rings. The standard InChI is InChI=1S/C19H22N2O/c1-21(2)13-14-7-6-10-16(11-14)19(22)20-18-12-17(18)15-8-4-3-5-9-15/h3-11,17-18H,12-13H2,1-2H3,(H,20,22)/t17-,18-/m0/s1. The zero-order valence-electron chi connectivity index (χ0n) is 13.1. The lowest BCUT2D eigenvalue weighted by Crippen LogP contribution is -2.26. The van der Waals surface area contributed by atoms with Gasteiger partial charge >= 0.3 is 0 Å². The molecule has 1 amide bonds. The number of carbonyl (C=O) groups excluding carboxylic acids is 1. The summed E-state index contributed by atoms with van der Waals surface area (Å²) in [6.45, 7) is 0.844. The third-order valence-electron chi connectivity index (χ3n) is 4.02. The molecule has 1 saturated carbocycles. The quantitative estimate of drug-likeness (QED) is 0.919. The fourth-order valence-electron chi connectivity index (χ4n) is 2.85. The van der Waals surface area contributed by atoms with Gasteiger partial charge in [0.1, 0.15) is 0 Å². The van der Waals surface area contributed by atoms with Crippen LogP contribution < -0.4 is 5.32 Å². The zero-order valence-corrected chi connectivity index (χ0v) is 13.1. The molecular formula is C19H22N2O. The molecule has 0 saturated heterocycles. The van der Waals surface area contributed by atoms with Crippen LogP contribution in [-0.2, 0) is 6.54 Å². The number of hydrogen-bond donors (Lipinski definition) is 1. The minimum atomic E-state index is 0.0315. The summed E-state index contributed by atoms with van der Waals surface area (Å²) in [5.74, 6) is 0.499. The van der Waals surface area contributed by atoms with E-state index >= 15 is 0 Å². The Morgan fingerprint density at radius 3 is 2.64 bits per heavy atom. The smallest absolute Gasteiger partial charge is 0.251 e. The number of nitrogens with zero attached hydrogens (tertiary/aromatic N) is 1. The molecular weight excluding hydrogens is 272 g/mol. The van der Waals surface area contributed by atoms with Gasteiger partial charge in [-0.15, -0.1) is 0 Å². The van der Waals surface area contributed by atoms with Crippen molar-refractivity contribution in [2.24, 2.45) is 0 Å². The zero-order chi connectivity index (χ0) is 15.5. The molecule has 1 N–H and O–H groups in total. The van der Waals surface area contributed by atoms with Gasteiger partial charge in [-0.05, 0) is 43.8 Å². The predicted octanol–water partition coefficient (Wildman–Crippen LogP) is 3.03. The van der Waals surface area contributed by atoms with Crippen molar-refractivity contribution >= 4 is 5.91 Å². The van der Waals surface area contributed by atoms with Gasteiger partial charge in [-0.25, -0.2) is 0 Å². The average molecular weight is 294 g/mol.